The van der Waals surface area contributed by atoms with Gasteiger partial charge >= 0.3 is 0 Å². The molecule has 0 radical (unpaired) electrons. The van der Waals surface area contributed by atoms with E-state index in [0.29, 0.717) is 5.84 Å². The molecule has 2 N–H and O–H groups in total. The Balaban J connectivity index is 0. The summed E-state index contributed by atoms with van der Waals surface area (Å²) in [6.07, 6.45) is 1.25. The number of nitrogens with two attached hydrogens (primary N) is 1. The SMILES string of the molecule is CCC.CCN=C(C)N. The van der Waals surface area contributed by atoms with Crippen molar-refractivity contribution in [3.8, 4) is 0 Å². The van der Waals surface area contributed by atoms with E-state index in [1.54, 1.807) is 6.92 Å². The smallest absolute Gasteiger partial charge is 0.0905 e. The number of hydrogen-bond acceptors (Lipinski definition) is 1. The minimum atomic E-state index is 0.664. The molecule has 2 heteroatoms. The van der Waals surface area contributed by atoms with Gasteiger partial charge in [-0.05, 0) is 13.8 Å². The zero-order valence-corrected chi connectivity index (χ0v) is 6.94. The number of nitrogens with zero attached hydrogens (tertiary/aromatic N) is 1. The number of aliphatic imine (C=N–C) groups is 1. The molecule has 0 aliphatic carbocycles. The minimum absolute atomic E-state index is 0.664. The Labute approximate surface area is 58.2 Å². The van der Waals surface area contributed by atoms with E-state index in [0.717, 1.165) is 6.54 Å². The molecule has 0 aliphatic heterocycles. The third-order valence-corrected chi connectivity index (χ3v) is 0.408. The molecular formula is C7H18N2. The van der Waals surface area contributed by atoms with Gasteiger partial charge in [-0.25, -0.2) is 0 Å². The second-order valence-electron chi connectivity index (χ2n) is 1.82. The van der Waals surface area contributed by atoms with Crippen molar-refractivity contribution in [2.45, 2.75) is 34.1 Å². The standard InChI is InChI=1S/C4H10N2.C3H8/c1-3-6-4(2)5;1-3-2/h3H2,1-2H3,(H2,5,6);3H2,1-2H3. The van der Waals surface area contributed by atoms with Gasteiger partial charge in [-0.2, -0.15) is 0 Å². The maximum atomic E-state index is 5.15. The van der Waals surface area contributed by atoms with Crippen LogP contribution in [-0.4, -0.2) is 12.4 Å². The lowest BCUT2D eigenvalue weighted by molar-refractivity contribution is 1.09. The Morgan fingerprint density at radius 3 is 1.67 bits per heavy atom. The van der Waals surface area contributed by atoms with Crippen molar-refractivity contribution in [3.05, 3.63) is 0 Å². The largest absolute Gasteiger partial charge is 0.388 e. The van der Waals surface area contributed by atoms with Gasteiger partial charge in [0.25, 0.3) is 0 Å². The van der Waals surface area contributed by atoms with Gasteiger partial charge in [0.1, 0.15) is 0 Å². The summed E-state index contributed by atoms with van der Waals surface area (Å²) in [5.74, 6) is 0.664. The van der Waals surface area contributed by atoms with Crippen LogP contribution in [-0.2, 0) is 0 Å². The van der Waals surface area contributed by atoms with Crippen LogP contribution in [0.4, 0.5) is 0 Å². The topological polar surface area (TPSA) is 38.4 Å². The summed E-state index contributed by atoms with van der Waals surface area (Å²) in [5, 5.41) is 0. The first kappa shape index (κ1) is 11.3. The van der Waals surface area contributed by atoms with Crippen LogP contribution in [0.25, 0.3) is 0 Å². The Morgan fingerprint density at radius 2 is 1.67 bits per heavy atom. The Morgan fingerprint density at radius 1 is 1.33 bits per heavy atom. The normalized spacial score (nSPS) is 10.0. The molecule has 0 aromatic carbocycles. The maximum Gasteiger partial charge on any atom is 0.0905 e. The summed E-state index contributed by atoms with van der Waals surface area (Å²) in [5.41, 5.74) is 5.15. The lowest BCUT2D eigenvalue weighted by Gasteiger charge is -1.81. The van der Waals surface area contributed by atoms with Gasteiger partial charge in [0, 0.05) is 6.54 Å². The van der Waals surface area contributed by atoms with Gasteiger partial charge in [0.15, 0.2) is 0 Å². The maximum absolute atomic E-state index is 5.15. The monoisotopic (exact) mass is 130 g/mol. The first-order valence-electron chi connectivity index (χ1n) is 3.45. The van der Waals surface area contributed by atoms with Crippen LogP contribution in [0.15, 0.2) is 4.99 Å². The highest BCUT2D eigenvalue weighted by molar-refractivity contribution is 5.77. The minimum Gasteiger partial charge on any atom is -0.388 e. The number of rotatable bonds is 1. The molecule has 9 heavy (non-hydrogen) atoms. The van der Waals surface area contributed by atoms with Crippen LogP contribution in [0.5, 0.6) is 0 Å². The average Bonchev–Trinajstić information content (AvgIpc) is 1.67. The van der Waals surface area contributed by atoms with Gasteiger partial charge in [0.2, 0.25) is 0 Å². The molecule has 0 spiro atoms. The lowest BCUT2D eigenvalue weighted by atomic mass is 10.6. The van der Waals surface area contributed by atoms with Crippen molar-refractivity contribution in [3.63, 3.8) is 0 Å². The summed E-state index contributed by atoms with van der Waals surface area (Å²) in [7, 11) is 0. The molecule has 0 amide bonds. The highest BCUT2D eigenvalue weighted by Gasteiger charge is 1.68. The Bertz CT molecular complexity index is 63.3. The fraction of sp³-hybridized carbons (Fsp3) is 0.857. The van der Waals surface area contributed by atoms with Crippen molar-refractivity contribution in [1.82, 2.24) is 0 Å². The quantitative estimate of drug-likeness (QED) is 0.426. The van der Waals surface area contributed by atoms with E-state index < -0.39 is 0 Å². The van der Waals surface area contributed by atoms with Gasteiger partial charge in [0.05, 0.1) is 5.84 Å². The van der Waals surface area contributed by atoms with Crippen LogP contribution >= 0.6 is 0 Å². The zero-order chi connectivity index (χ0) is 7.70. The molecule has 0 aromatic rings. The molecule has 0 bridgehead atoms. The molecule has 0 unspecified atom stereocenters. The van der Waals surface area contributed by atoms with Gasteiger partial charge in [-0.15, -0.1) is 0 Å². The second-order valence-corrected chi connectivity index (χ2v) is 1.82. The summed E-state index contributed by atoms with van der Waals surface area (Å²) < 4.78 is 0. The molecule has 0 saturated carbocycles. The fourth-order valence-electron chi connectivity index (χ4n) is 0.249. The molecule has 0 rings (SSSR count). The third kappa shape index (κ3) is 36.6. The van der Waals surface area contributed by atoms with Crippen LogP contribution < -0.4 is 5.73 Å². The molecule has 56 valence electrons. The van der Waals surface area contributed by atoms with E-state index in [1.807, 2.05) is 6.92 Å². The molecule has 0 saturated heterocycles. The summed E-state index contributed by atoms with van der Waals surface area (Å²) in [6, 6.07) is 0. The number of amidine groups is 1. The van der Waals surface area contributed by atoms with Crippen LogP contribution in [0.3, 0.4) is 0 Å². The predicted octanol–water partition coefficient (Wildman–Crippen LogP) is 1.80. The van der Waals surface area contributed by atoms with E-state index in [9.17, 15) is 0 Å². The van der Waals surface area contributed by atoms with Crippen LogP contribution in [0.2, 0.25) is 0 Å². The second kappa shape index (κ2) is 10.5. The van der Waals surface area contributed by atoms with Gasteiger partial charge in [-0.1, -0.05) is 20.3 Å². The highest BCUT2D eigenvalue weighted by atomic mass is 14.8. The van der Waals surface area contributed by atoms with Crippen LogP contribution in [0.1, 0.15) is 34.1 Å². The third-order valence-electron chi connectivity index (χ3n) is 0.408. The molecular weight excluding hydrogens is 112 g/mol. The van der Waals surface area contributed by atoms with Crippen molar-refractivity contribution < 1.29 is 0 Å². The van der Waals surface area contributed by atoms with E-state index in [1.165, 1.54) is 6.42 Å². The van der Waals surface area contributed by atoms with Crippen molar-refractivity contribution in [2.75, 3.05) is 6.54 Å². The lowest BCUT2D eigenvalue weighted by Crippen LogP contribution is -2.04. The summed E-state index contributed by atoms with van der Waals surface area (Å²) in [6.45, 7) is 8.78. The van der Waals surface area contributed by atoms with E-state index >= 15 is 0 Å². The average molecular weight is 130 g/mol. The van der Waals surface area contributed by atoms with E-state index in [4.69, 9.17) is 5.73 Å². The molecule has 2 nitrogen and oxygen atoms in total. The molecule has 0 fully saturated rings. The molecule has 0 heterocycles. The van der Waals surface area contributed by atoms with Crippen molar-refractivity contribution in [2.24, 2.45) is 10.7 Å². The van der Waals surface area contributed by atoms with Gasteiger partial charge < -0.3 is 5.73 Å². The summed E-state index contributed by atoms with van der Waals surface area (Å²) >= 11 is 0. The first-order valence-corrected chi connectivity index (χ1v) is 3.45. The molecule has 0 aromatic heterocycles. The highest BCUT2D eigenvalue weighted by Crippen LogP contribution is 1.63. The van der Waals surface area contributed by atoms with E-state index in [-0.39, 0.29) is 0 Å². The summed E-state index contributed by atoms with van der Waals surface area (Å²) in [4.78, 5) is 3.82. The molecule has 0 atom stereocenters. The fourth-order valence-corrected chi connectivity index (χ4v) is 0.249. The predicted molar refractivity (Wildman–Crippen MR) is 43.8 cm³/mol. The zero-order valence-electron chi connectivity index (χ0n) is 6.94. The Hall–Kier alpha value is -0.530. The van der Waals surface area contributed by atoms with Crippen LogP contribution in [0, 0.1) is 0 Å². The van der Waals surface area contributed by atoms with Gasteiger partial charge in [-0.3, -0.25) is 4.99 Å². The van der Waals surface area contributed by atoms with Crippen molar-refractivity contribution >= 4 is 5.84 Å². The van der Waals surface area contributed by atoms with E-state index in [2.05, 4.69) is 18.8 Å². The Kier molecular flexibility index (Phi) is 13.1. The van der Waals surface area contributed by atoms with Crippen molar-refractivity contribution in [1.29, 1.82) is 0 Å². The number of hydrogen-bond donors (Lipinski definition) is 1. The molecule has 0 aliphatic rings. The first-order chi connectivity index (χ1) is 4.18.